The highest BCUT2D eigenvalue weighted by Gasteiger charge is 1.98. The second-order valence-corrected chi connectivity index (χ2v) is 2.96. The van der Waals surface area contributed by atoms with Crippen LogP contribution in [0.15, 0.2) is 24.3 Å². The third-order valence-electron chi connectivity index (χ3n) is 1.88. The van der Waals surface area contributed by atoms with Crippen molar-refractivity contribution in [1.82, 2.24) is 0 Å². The first-order valence-electron chi connectivity index (χ1n) is 4.48. The van der Waals surface area contributed by atoms with E-state index in [4.69, 9.17) is 10.2 Å². The van der Waals surface area contributed by atoms with Crippen LogP contribution < -0.4 is 0 Å². The zero-order valence-corrected chi connectivity index (χ0v) is 7.85. The van der Waals surface area contributed by atoms with E-state index >= 15 is 0 Å². The smallest absolute Gasteiger partial charge is 0.121 e. The molecule has 0 heterocycles. The van der Waals surface area contributed by atoms with Gasteiger partial charge >= 0.3 is 0 Å². The SMILES string of the molecule is OCCC=Cc1ccc(O)c(CO)c1. The first-order valence-corrected chi connectivity index (χ1v) is 4.48. The van der Waals surface area contributed by atoms with E-state index in [-0.39, 0.29) is 19.0 Å². The van der Waals surface area contributed by atoms with E-state index in [1.807, 2.05) is 12.2 Å². The average molecular weight is 194 g/mol. The monoisotopic (exact) mass is 194 g/mol. The number of benzene rings is 1. The Morgan fingerprint density at radius 1 is 1.21 bits per heavy atom. The molecule has 1 aromatic rings. The van der Waals surface area contributed by atoms with E-state index in [1.165, 1.54) is 0 Å². The van der Waals surface area contributed by atoms with Crippen LogP contribution in [0.3, 0.4) is 0 Å². The summed E-state index contributed by atoms with van der Waals surface area (Å²) in [7, 11) is 0. The van der Waals surface area contributed by atoms with Gasteiger partial charge in [-0.1, -0.05) is 18.2 Å². The molecule has 0 radical (unpaired) electrons. The van der Waals surface area contributed by atoms with Gasteiger partial charge in [-0.05, 0) is 24.1 Å². The van der Waals surface area contributed by atoms with Crippen molar-refractivity contribution in [3.8, 4) is 5.75 Å². The molecule has 0 fully saturated rings. The van der Waals surface area contributed by atoms with Crippen LogP contribution in [0.4, 0.5) is 0 Å². The maximum atomic E-state index is 9.28. The molecule has 3 N–H and O–H groups in total. The lowest BCUT2D eigenvalue weighted by Crippen LogP contribution is -1.85. The van der Waals surface area contributed by atoms with Crippen LogP contribution in [0.1, 0.15) is 17.5 Å². The van der Waals surface area contributed by atoms with Crippen LogP contribution in [-0.2, 0) is 6.61 Å². The number of aliphatic hydroxyl groups is 2. The largest absolute Gasteiger partial charge is 0.508 e. The first kappa shape index (κ1) is 10.8. The molecule has 0 bridgehead atoms. The molecular formula is C11H14O3. The summed E-state index contributed by atoms with van der Waals surface area (Å²) in [6.45, 7) is -0.0467. The average Bonchev–Trinajstić information content (AvgIpc) is 2.21. The molecule has 0 saturated heterocycles. The number of rotatable bonds is 4. The summed E-state index contributed by atoms with van der Waals surface area (Å²) in [4.78, 5) is 0. The summed E-state index contributed by atoms with van der Waals surface area (Å²) in [5.74, 6) is 0.104. The van der Waals surface area contributed by atoms with Gasteiger partial charge in [-0.3, -0.25) is 0 Å². The first-order chi connectivity index (χ1) is 6.77. The molecule has 0 spiro atoms. The summed E-state index contributed by atoms with van der Waals surface area (Å²) < 4.78 is 0. The van der Waals surface area contributed by atoms with E-state index in [0.717, 1.165) is 5.56 Å². The quantitative estimate of drug-likeness (QED) is 0.676. The Hall–Kier alpha value is -1.32. The van der Waals surface area contributed by atoms with Gasteiger partial charge in [0, 0.05) is 12.2 Å². The maximum absolute atomic E-state index is 9.28. The van der Waals surface area contributed by atoms with E-state index < -0.39 is 0 Å². The number of phenols is 1. The predicted octanol–water partition coefficient (Wildman–Crippen LogP) is 1.28. The molecule has 14 heavy (non-hydrogen) atoms. The van der Waals surface area contributed by atoms with Gasteiger partial charge in [0.1, 0.15) is 5.75 Å². The van der Waals surface area contributed by atoms with E-state index in [0.29, 0.717) is 12.0 Å². The molecule has 0 atom stereocenters. The molecular weight excluding hydrogens is 180 g/mol. The Morgan fingerprint density at radius 2 is 2.00 bits per heavy atom. The van der Waals surface area contributed by atoms with Crippen LogP contribution >= 0.6 is 0 Å². The lowest BCUT2D eigenvalue weighted by atomic mass is 10.1. The van der Waals surface area contributed by atoms with Crippen molar-refractivity contribution in [3.05, 3.63) is 35.4 Å². The topological polar surface area (TPSA) is 60.7 Å². The van der Waals surface area contributed by atoms with Gasteiger partial charge in [-0.25, -0.2) is 0 Å². The van der Waals surface area contributed by atoms with Gasteiger partial charge in [0.15, 0.2) is 0 Å². The van der Waals surface area contributed by atoms with E-state index in [9.17, 15) is 5.11 Å². The number of aromatic hydroxyl groups is 1. The van der Waals surface area contributed by atoms with Crippen molar-refractivity contribution < 1.29 is 15.3 Å². The Morgan fingerprint density at radius 3 is 2.64 bits per heavy atom. The molecule has 0 aliphatic rings. The Labute approximate surface area is 82.9 Å². The summed E-state index contributed by atoms with van der Waals surface area (Å²) in [5, 5.41) is 26.7. The van der Waals surface area contributed by atoms with Gasteiger partial charge < -0.3 is 15.3 Å². The second-order valence-electron chi connectivity index (χ2n) is 2.96. The highest BCUT2D eigenvalue weighted by atomic mass is 16.3. The predicted molar refractivity (Wildman–Crippen MR) is 54.8 cm³/mol. The van der Waals surface area contributed by atoms with Crippen LogP contribution in [-0.4, -0.2) is 21.9 Å². The Balaban J connectivity index is 2.79. The molecule has 3 nitrogen and oxygen atoms in total. The van der Waals surface area contributed by atoms with Gasteiger partial charge in [-0.2, -0.15) is 0 Å². The molecule has 1 aromatic carbocycles. The van der Waals surface area contributed by atoms with Gasteiger partial charge in [0.2, 0.25) is 0 Å². The fourth-order valence-electron chi connectivity index (χ4n) is 1.13. The summed E-state index contributed by atoms with van der Waals surface area (Å²) >= 11 is 0. The molecule has 76 valence electrons. The molecule has 0 aromatic heterocycles. The minimum atomic E-state index is -0.173. The van der Waals surface area contributed by atoms with Crippen LogP contribution in [0.25, 0.3) is 6.08 Å². The second kappa shape index (κ2) is 5.42. The molecule has 1 rings (SSSR count). The van der Waals surface area contributed by atoms with Gasteiger partial charge in [0.05, 0.1) is 6.61 Å². The highest BCUT2D eigenvalue weighted by Crippen LogP contribution is 2.19. The van der Waals surface area contributed by atoms with Crippen molar-refractivity contribution in [2.45, 2.75) is 13.0 Å². The van der Waals surface area contributed by atoms with Crippen molar-refractivity contribution >= 4 is 6.08 Å². The fourth-order valence-corrected chi connectivity index (χ4v) is 1.13. The van der Waals surface area contributed by atoms with Crippen molar-refractivity contribution in [3.63, 3.8) is 0 Å². The van der Waals surface area contributed by atoms with Crippen LogP contribution in [0.5, 0.6) is 5.75 Å². The van der Waals surface area contributed by atoms with Crippen molar-refractivity contribution in [2.75, 3.05) is 6.61 Å². The lowest BCUT2D eigenvalue weighted by Gasteiger charge is -2.01. The minimum Gasteiger partial charge on any atom is -0.508 e. The Bertz CT molecular complexity index is 318. The summed E-state index contributed by atoms with van der Waals surface area (Å²) in [6, 6.07) is 5.01. The zero-order valence-electron chi connectivity index (χ0n) is 7.85. The number of hydrogen-bond donors (Lipinski definition) is 3. The third kappa shape index (κ3) is 2.87. The zero-order chi connectivity index (χ0) is 10.4. The summed E-state index contributed by atoms with van der Waals surface area (Å²) in [6.07, 6.45) is 4.29. The number of aliphatic hydroxyl groups excluding tert-OH is 2. The fraction of sp³-hybridized carbons (Fsp3) is 0.273. The van der Waals surface area contributed by atoms with Gasteiger partial charge in [0.25, 0.3) is 0 Å². The van der Waals surface area contributed by atoms with Crippen molar-refractivity contribution in [2.24, 2.45) is 0 Å². The molecule has 0 aliphatic heterocycles. The van der Waals surface area contributed by atoms with Crippen LogP contribution in [0, 0.1) is 0 Å². The minimum absolute atomic E-state index is 0.104. The molecule has 0 amide bonds. The standard InChI is InChI=1S/C11H14O3/c12-6-2-1-3-9-4-5-11(14)10(7-9)8-13/h1,3-5,7,12-14H,2,6,8H2. The number of hydrogen-bond acceptors (Lipinski definition) is 3. The van der Waals surface area contributed by atoms with Gasteiger partial charge in [-0.15, -0.1) is 0 Å². The maximum Gasteiger partial charge on any atom is 0.121 e. The lowest BCUT2D eigenvalue weighted by molar-refractivity contribution is 0.275. The molecule has 0 unspecified atom stereocenters. The highest BCUT2D eigenvalue weighted by molar-refractivity contribution is 5.52. The molecule has 0 aliphatic carbocycles. The van der Waals surface area contributed by atoms with E-state index in [2.05, 4.69) is 0 Å². The third-order valence-corrected chi connectivity index (χ3v) is 1.88. The molecule has 0 saturated carbocycles. The van der Waals surface area contributed by atoms with Crippen LogP contribution in [0.2, 0.25) is 0 Å². The van der Waals surface area contributed by atoms with E-state index in [1.54, 1.807) is 18.2 Å². The van der Waals surface area contributed by atoms with Crippen molar-refractivity contribution in [1.29, 1.82) is 0 Å². The summed E-state index contributed by atoms with van der Waals surface area (Å²) in [5.41, 5.74) is 1.41. The Kier molecular flexibility index (Phi) is 4.16. The molecule has 3 heteroatoms. The normalized spacial score (nSPS) is 11.0.